The smallest absolute Gasteiger partial charge is 0.243 e. The summed E-state index contributed by atoms with van der Waals surface area (Å²) in [5.74, 6) is 0.730. The summed E-state index contributed by atoms with van der Waals surface area (Å²) in [4.78, 5) is 17.7. The van der Waals surface area contributed by atoms with Crippen LogP contribution in [0.1, 0.15) is 30.9 Å². The van der Waals surface area contributed by atoms with Crippen molar-refractivity contribution in [1.82, 2.24) is 14.1 Å². The second kappa shape index (κ2) is 10.9. The minimum Gasteiger partial charge on any atom is -0.494 e. The molecule has 8 heteroatoms. The van der Waals surface area contributed by atoms with Crippen LogP contribution in [0, 0.1) is 12.8 Å². The van der Waals surface area contributed by atoms with Gasteiger partial charge in [0.1, 0.15) is 5.75 Å². The first kappa shape index (κ1) is 24.7. The van der Waals surface area contributed by atoms with Crippen molar-refractivity contribution in [1.29, 1.82) is 0 Å². The van der Waals surface area contributed by atoms with E-state index < -0.39 is 10.0 Å². The predicted octanol–water partition coefficient (Wildman–Crippen LogP) is 3.14. The van der Waals surface area contributed by atoms with Crippen LogP contribution in [-0.2, 0) is 21.4 Å². The van der Waals surface area contributed by atoms with Crippen molar-refractivity contribution in [2.75, 3.05) is 45.9 Å². The van der Waals surface area contributed by atoms with Gasteiger partial charge >= 0.3 is 0 Å². The number of carbonyl (C=O) groups is 1. The molecule has 0 bridgehead atoms. The number of aryl methyl sites for hydroxylation is 1. The van der Waals surface area contributed by atoms with Crippen molar-refractivity contribution >= 4 is 15.9 Å². The fourth-order valence-electron chi connectivity index (χ4n) is 4.82. The molecule has 0 radical (unpaired) electrons. The van der Waals surface area contributed by atoms with E-state index >= 15 is 0 Å². The number of piperazine rings is 1. The summed E-state index contributed by atoms with van der Waals surface area (Å²) < 4.78 is 33.0. The summed E-state index contributed by atoms with van der Waals surface area (Å²) in [5, 5.41) is 0. The maximum atomic E-state index is 13.1. The van der Waals surface area contributed by atoms with E-state index in [2.05, 4.69) is 36.1 Å². The molecule has 0 aromatic heterocycles. The van der Waals surface area contributed by atoms with Crippen molar-refractivity contribution in [3.05, 3.63) is 59.7 Å². The lowest BCUT2D eigenvalue weighted by Gasteiger charge is -2.38. The molecule has 0 aliphatic carbocycles. The van der Waals surface area contributed by atoms with Gasteiger partial charge in [-0.2, -0.15) is 4.31 Å². The largest absolute Gasteiger partial charge is 0.494 e. The van der Waals surface area contributed by atoms with Crippen molar-refractivity contribution in [2.24, 2.45) is 5.92 Å². The Morgan fingerprint density at radius 2 is 1.65 bits per heavy atom. The lowest BCUT2D eigenvalue weighted by molar-refractivity contribution is -0.138. The molecule has 2 aromatic rings. The van der Waals surface area contributed by atoms with Crippen LogP contribution in [0.15, 0.2) is 53.4 Å². The van der Waals surface area contributed by atoms with Gasteiger partial charge in [0.2, 0.25) is 15.9 Å². The third-order valence-electron chi connectivity index (χ3n) is 6.75. The van der Waals surface area contributed by atoms with E-state index in [9.17, 15) is 13.2 Å². The predicted molar refractivity (Wildman–Crippen MR) is 132 cm³/mol. The quantitative estimate of drug-likeness (QED) is 0.603. The Labute approximate surface area is 203 Å². The minimum absolute atomic E-state index is 0.102. The molecule has 2 heterocycles. The Balaban J connectivity index is 1.26. The molecule has 0 N–H and O–H groups in total. The third kappa shape index (κ3) is 5.79. The van der Waals surface area contributed by atoms with Gasteiger partial charge in [0.15, 0.2) is 0 Å². The number of carbonyl (C=O) groups excluding carboxylic acids is 1. The van der Waals surface area contributed by atoms with Gasteiger partial charge in [-0.3, -0.25) is 9.69 Å². The first-order chi connectivity index (χ1) is 16.4. The maximum Gasteiger partial charge on any atom is 0.243 e. The summed E-state index contributed by atoms with van der Waals surface area (Å²) in [7, 11) is -3.56. The standard InChI is InChI=1S/C26H35N3O4S/c1-3-33-24-7-9-25(10-8-24)34(31,32)29-13-11-23(12-14-29)26(30)28-17-15-27(16-18-28)20-22-6-4-5-21(2)19-22/h4-10,19,23H,3,11-18,20H2,1-2H3. The molecule has 1 amide bonds. The van der Waals surface area contributed by atoms with Gasteiger partial charge in [-0.05, 0) is 56.5 Å². The zero-order valence-electron chi connectivity index (χ0n) is 20.2. The topological polar surface area (TPSA) is 70.2 Å². The zero-order valence-corrected chi connectivity index (χ0v) is 21.0. The Hall–Kier alpha value is -2.42. The Morgan fingerprint density at radius 3 is 2.26 bits per heavy atom. The van der Waals surface area contributed by atoms with Crippen LogP contribution >= 0.6 is 0 Å². The van der Waals surface area contributed by atoms with Crippen LogP contribution < -0.4 is 4.74 Å². The highest BCUT2D eigenvalue weighted by Crippen LogP contribution is 2.26. The molecule has 4 rings (SSSR count). The monoisotopic (exact) mass is 485 g/mol. The first-order valence-electron chi connectivity index (χ1n) is 12.2. The van der Waals surface area contributed by atoms with Gasteiger partial charge in [-0.1, -0.05) is 29.8 Å². The molecule has 0 unspecified atom stereocenters. The number of ether oxygens (including phenoxy) is 1. The van der Waals surface area contributed by atoms with Crippen LogP contribution in [0.3, 0.4) is 0 Å². The van der Waals surface area contributed by atoms with Crippen molar-refractivity contribution < 1.29 is 17.9 Å². The zero-order chi connectivity index (χ0) is 24.1. The van der Waals surface area contributed by atoms with Gasteiger partial charge in [0.05, 0.1) is 11.5 Å². The second-order valence-corrected chi connectivity index (χ2v) is 11.1. The fraction of sp³-hybridized carbons (Fsp3) is 0.500. The third-order valence-corrected chi connectivity index (χ3v) is 8.66. The minimum atomic E-state index is -3.56. The molecule has 7 nitrogen and oxygen atoms in total. The molecule has 34 heavy (non-hydrogen) atoms. The van der Waals surface area contributed by atoms with Gasteiger partial charge < -0.3 is 9.64 Å². The fourth-order valence-corrected chi connectivity index (χ4v) is 6.29. The van der Waals surface area contributed by atoms with Gasteiger partial charge in [0.25, 0.3) is 0 Å². The summed E-state index contributed by atoms with van der Waals surface area (Å²) in [6, 6.07) is 15.1. The van der Waals surface area contributed by atoms with Gasteiger partial charge in [-0.25, -0.2) is 8.42 Å². The highest BCUT2D eigenvalue weighted by molar-refractivity contribution is 7.89. The first-order valence-corrected chi connectivity index (χ1v) is 13.6. The average Bonchev–Trinajstić information content (AvgIpc) is 2.85. The van der Waals surface area contributed by atoms with Crippen LogP contribution in [0.4, 0.5) is 0 Å². The van der Waals surface area contributed by atoms with Gasteiger partial charge in [0, 0.05) is 51.7 Å². The molecule has 184 valence electrons. The molecular formula is C26H35N3O4S. The Kier molecular flexibility index (Phi) is 7.91. The van der Waals surface area contributed by atoms with E-state index in [0.29, 0.717) is 38.3 Å². The molecule has 2 aliphatic heterocycles. The highest BCUT2D eigenvalue weighted by atomic mass is 32.2. The van der Waals surface area contributed by atoms with Crippen LogP contribution in [0.2, 0.25) is 0 Å². The average molecular weight is 486 g/mol. The lowest BCUT2D eigenvalue weighted by atomic mass is 9.96. The summed E-state index contributed by atoms with van der Waals surface area (Å²) in [6.07, 6.45) is 1.14. The molecule has 2 aromatic carbocycles. The van der Waals surface area contributed by atoms with Crippen LogP contribution in [0.25, 0.3) is 0 Å². The van der Waals surface area contributed by atoms with Gasteiger partial charge in [-0.15, -0.1) is 0 Å². The molecule has 0 spiro atoms. The number of sulfonamides is 1. The number of nitrogens with zero attached hydrogens (tertiary/aromatic N) is 3. The molecule has 0 atom stereocenters. The number of rotatable bonds is 7. The number of hydrogen-bond donors (Lipinski definition) is 0. The van der Waals surface area contributed by atoms with Crippen molar-refractivity contribution in [2.45, 2.75) is 38.1 Å². The molecular weight excluding hydrogens is 450 g/mol. The normalized spacial score (nSPS) is 18.7. The van der Waals surface area contributed by atoms with E-state index in [0.717, 1.165) is 32.7 Å². The molecule has 2 fully saturated rings. The maximum absolute atomic E-state index is 13.1. The summed E-state index contributed by atoms with van der Waals surface area (Å²) in [5.41, 5.74) is 2.57. The lowest BCUT2D eigenvalue weighted by Crippen LogP contribution is -2.51. The Morgan fingerprint density at radius 1 is 0.971 bits per heavy atom. The van der Waals surface area contributed by atoms with E-state index in [1.807, 2.05) is 11.8 Å². The Bertz CT molecular complexity index is 1070. The number of hydrogen-bond acceptors (Lipinski definition) is 5. The SMILES string of the molecule is CCOc1ccc(S(=O)(=O)N2CCC(C(=O)N3CCN(Cc4cccc(C)c4)CC3)CC2)cc1. The van der Waals surface area contributed by atoms with Crippen LogP contribution in [0.5, 0.6) is 5.75 Å². The van der Waals surface area contributed by atoms with E-state index in [-0.39, 0.29) is 16.7 Å². The van der Waals surface area contributed by atoms with Crippen molar-refractivity contribution in [3.8, 4) is 5.75 Å². The number of benzene rings is 2. The van der Waals surface area contributed by atoms with Crippen LogP contribution in [-0.4, -0.2) is 74.3 Å². The van der Waals surface area contributed by atoms with E-state index in [1.54, 1.807) is 24.3 Å². The summed E-state index contributed by atoms with van der Waals surface area (Å²) in [6.45, 7) is 9.38. The highest BCUT2D eigenvalue weighted by Gasteiger charge is 2.34. The second-order valence-electron chi connectivity index (χ2n) is 9.17. The number of piperidine rings is 1. The summed E-state index contributed by atoms with van der Waals surface area (Å²) >= 11 is 0. The van der Waals surface area contributed by atoms with Crippen molar-refractivity contribution in [3.63, 3.8) is 0 Å². The molecule has 0 saturated carbocycles. The molecule has 2 saturated heterocycles. The number of amides is 1. The van der Waals surface area contributed by atoms with E-state index in [4.69, 9.17) is 4.74 Å². The van der Waals surface area contributed by atoms with E-state index in [1.165, 1.54) is 15.4 Å². The molecule has 2 aliphatic rings.